The van der Waals surface area contributed by atoms with Gasteiger partial charge >= 0.3 is 0 Å². The highest BCUT2D eigenvalue weighted by molar-refractivity contribution is 5.80. The fourth-order valence-electron chi connectivity index (χ4n) is 3.94. The number of amides is 1. The predicted octanol–water partition coefficient (Wildman–Crippen LogP) is 0.933. The normalized spacial score (nSPS) is 26.8. The van der Waals surface area contributed by atoms with Gasteiger partial charge in [0.15, 0.2) is 0 Å². The van der Waals surface area contributed by atoms with Crippen LogP contribution in [-0.2, 0) is 4.79 Å². The molecule has 3 fully saturated rings. The summed E-state index contributed by atoms with van der Waals surface area (Å²) in [5.74, 6) is 2.01. The summed E-state index contributed by atoms with van der Waals surface area (Å²) in [5, 5.41) is 12.7. The first-order chi connectivity index (χ1) is 12.2. The standard InChI is InChI=1S/C18H27N5O2/c24-11-15-4-2-8-23(15)17-9-16(19-12-20-17)22-7-1-3-13(10-22)18(25)21-14-5-6-14/h9,12-15,24H,1-8,10-11H2,(H,21,25)/t13-,15+/m0/s1. The van der Waals surface area contributed by atoms with Gasteiger partial charge in [-0.3, -0.25) is 4.79 Å². The minimum atomic E-state index is 0.0461. The van der Waals surface area contributed by atoms with E-state index in [-0.39, 0.29) is 24.5 Å². The molecule has 3 aliphatic rings. The van der Waals surface area contributed by atoms with Crippen molar-refractivity contribution in [3.8, 4) is 0 Å². The SMILES string of the molecule is O=C(NC1CC1)[C@H]1CCCN(c2cc(N3CCC[C@@H]3CO)ncn2)C1. The number of nitrogens with one attached hydrogen (secondary N) is 1. The van der Waals surface area contributed by atoms with Crippen molar-refractivity contribution < 1.29 is 9.90 Å². The maximum Gasteiger partial charge on any atom is 0.225 e. The second kappa shape index (κ2) is 7.15. The van der Waals surface area contributed by atoms with Crippen LogP contribution in [0.5, 0.6) is 0 Å². The van der Waals surface area contributed by atoms with Crippen molar-refractivity contribution >= 4 is 17.5 Å². The molecule has 0 unspecified atom stereocenters. The Hall–Kier alpha value is -1.89. The van der Waals surface area contributed by atoms with Crippen molar-refractivity contribution in [2.24, 2.45) is 5.92 Å². The van der Waals surface area contributed by atoms with E-state index >= 15 is 0 Å². The molecular weight excluding hydrogens is 318 g/mol. The highest BCUT2D eigenvalue weighted by Gasteiger charge is 2.31. The van der Waals surface area contributed by atoms with Crippen LogP contribution in [0, 0.1) is 5.92 Å². The van der Waals surface area contributed by atoms with Crippen LogP contribution < -0.4 is 15.1 Å². The Kier molecular flexibility index (Phi) is 4.74. The van der Waals surface area contributed by atoms with E-state index in [1.807, 2.05) is 6.07 Å². The average molecular weight is 345 g/mol. The number of carbonyl (C=O) groups excluding carboxylic acids is 1. The predicted molar refractivity (Wildman–Crippen MR) is 95.6 cm³/mol. The molecule has 0 radical (unpaired) electrons. The van der Waals surface area contributed by atoms with E-state index in [2.05, 4.69) is 25.1 Å². The summed E-state index contributed by atoms with van der Waals surface area (Å²) >= 11 is 0. The van der Waals surface area contributed by atoms with Crippen LogP contribution in [0.4, 0.5) is 11.6 Å². The zero-order chi connectivity index (χ0) is 17.2. The van der Waals surface area contributed by atoms with Gasteiger partial charge in [0.05, 0.1) is 18.6 Å². The molecule has 7 nitrogen and oxygen atoms in total. The highest BCUT2D eigenvalue weighted by Crippen LogP contribution is 2.28. The van der Waals surface area contributed by atoms with E-state index in [9.17, 15) is 9.90 Å². The maximum absolute atomic E-state index is 12.4. The first-order valence-electron chi connectivity index (χ1n) is 9.49. The largest absolute Gasteiger partial charge is 0.394 e. The number of aliphatic hydroxyl groups excluding tert-OH is 1. The summed E-state index contributed by atoms with van der Waals surface area (Å²) in [6.45, 7) is 2.73. The molecular formula is C18H27N5O2. The Morgan fingerprint density at radius 3 is 2.76 bits per heavy atom. The fraction of sp³-hybridized carbons (Fsp3) is 0.722. The molecule has 2 saturated heterocycles. The molecule has 1 amide bonds. The van der Waals surface area contributed by atoms with Crippen molar-refractivity contribution in [1.82, 2.24) is 15.3 Å². The fourth-order valence-corrected chi connectivity index (χ4v) is 3.94. The van der Waals surface area contributed by atoms with Gasteiger partial charge in [-0.15, -0.1) is 0 Å². The number of rotatable bonds is 5. The molecule has 3 heterocycles. The Bertz CT molecular complexity index is 621. The van der Waals surface area contributed by atoms with Gasteiger partial charge in [0.2, 0.25) is 5.91 Å². The lowest BCUT2D eigenvalue weighted by Crippen LogP contribution is -2.44. The zero-order valence-corrected chi connectivity index (χ0v) is 14.6. The molecule has 2 atom stereocenters. The third-order valence-electron chi connectivity index (χ3n) is 5.56. The van der Waals surface area contributed by atoms with Crippen LogP contribution in [0.1, 0.15) is 38.5 Å². The first-order valence-corrected chi connectivity index (χ1v) is 9.49. The van der Waals surface area contributed by atoms with E-state index in [0.717, 1.165) is 69.8 Å². The monoisotopic (exact) mass is 345 g/mol. The quantitative estimate of drug-likeness (QED) is 0.826. The first kappa shape index (κ1) is 16.6. The Morgan fingerprint density at radius 1 is 1.16 bits per heavy atom. The van der Waals surface area contributed by atoms with Crippen LogP contribution in [0.3, 0.4) is 0 Å². The van der Waals surface area contributed by atoms with Crippen molar-refractivity contribution in [3.05, 3.63) is 12.4 Å². The molecule has 4 rings (SSSR count). The Balaban J connectivity index is 1.45. The molecule has 25 heavy (non-hydrogen) atoms. The average Bonchev–Trinajstić information content (AvgIpc) is 3.34. The topological polar surface area (TPSA) is 81.6 Å². The minimum absolute atomic E-state index is 0.0461. The number of piperidine rings is 1. The second-order valence-corrected chi connectivity index (χ2v) is 7.47. The molecule has 2 aliphatic heterocycles. The van der Waals surface area contributed by atoms with E-state index in [0.29, 0.717) is 6.04 Å². The number of anilines is 2. The van der Waals surface area contributed by atoms with Gasteiger partial charge in [-0.2, -0.15) is 0 Å². The third-order valence-corrected chi connectivity index (χ3v) is 5.56. The Labute approximate surface area is 148 Å². The molecule has 2 N–H and O–H groups in total. The molecule has 0 bridgehead atoms. The summed E-state index contributed by atoms with van der Waals surface area (Å²) in [6, 6.07) is 2.58. The van der Waals surface area contributed by atoms with Gasteiger partial charge in [0.25, 0.3) is 0 Å². The zero-order valence-electron chi connectivity index (χ0n) is 14.6. The van der Waals surface area contributed by atoms with Gasteiger partial charge in [0, 0.05) is 31.7 Å². The number of hydrogen-bond donors (Lipinski definition) is 2. The highest BCUT2D eigenvalue weighted by atomic mass is 16.3. The smallest absolute Gasteiger partial charge is 0.225 e. The lowest BCUT2D eigenvalue weighted by Gasteiger charge is -2.33. The minimum Gasteiger partial charge on any atom is -0.394 e. The molecule has 1 aromatic rings. The summed E-state index contributed by atoms with van der Waals surface area (Å²) in [5.41, 5.74) is 0. The van der Waals surface area contributed by atoms with E-state index in [1.54, 1.807) is 6.33 Å². The summed E-state index contributed by atoms with van der Waals surface area (Å²) in [4.78, 5) is 25.6. The van der Waals surface area contributed by atoms with Gasteiger partial charge in [0.1, 0.15) is 18.0 Å². The second-order valence-electron chi connectivity index (χ2n) is 7.47. The van der Waals surface area contributed by atoms with Crippen molar-refractivity contribution in [2.75, 3.05) is 36.0 Å². The molecule has 0 spiro atoms. The lowest BCUT2D eigenvalue weighted by molar-refractivity contribution is -0.125. The van der Waals surface area contributed by atoms with Crippen LogP contribution in [0.25, 0.3) is 0 Å². The third kappa shape index (κ3) is 3.71. The van der Waals surface area contributed by atoms with E-state index in [1.165, 1.54) is 0 Å². The number of aliphatic hydroxyl groups is 1. The molecule has 1 aliphatic carbocycles. The number of nitrogens with zero attached hydrogens (tertiary/aromatic N) is 4. The molecule has 136 valence electrons. The summed E-state index contributed by atoms with van der Waals surface area (Å²) in [6.07, 6.45) is 7.89. The van der Waals surface area contributed by atoms with Crippen molar-refractivity contribution in [2.45, 2.75) is 50.6 Å². The molecule has 0 aromatic carbocycles. The van der Waals surface area contributed by atoms with E-state index in [4.69, 9.17) is 0 Å². The van der Waals surface area contributed by atoms with Crippen molar-refractivity contribution in [3.63, 3.8) is 0 Å². The molecule has 7 heteroatoms. The van der Waals surface area contributed by atoms with Crippen LogP contribution >= 0.6 is 0 Å². The summed E-state index contributed by atoms with van der Waals surface area (Å²) in [7, 11) is 0. The maximum atomic E-state index is 12.4. The van der Waals surface area contributed by atoms with Crippen LogP contribution in [-0.4, -0.2) is 59.3 Å². The number of carbonyl (C=O) groups is 1. The lowest BCUT2D eigenvalue weighted by atomic mass is 9.97. The van der Waals surface area contributed by atoms with Crippen LogP contribution in [0.2, 0.25) is 0 Å². The van der Waals surface area contributed by atoms with E-state index < -0.39 is 0 Å². The molecule has 1 aromatic heterocycles. The summed E-state index contributed by atoms with van der Waals surface area (Å²) < 4.78 is 0. The van der Waals surface area contributed by atoms with Gasteiger partial charge < -0.3 is 20.2 Å². The number of aromatic nitrogens is 2. The number of hydrogen-bond acceptors (Lipinski definition) is 6. The molecule has 1 saturated carbocycles. The van der Waals surface area contributed by atoms with Gasteiger partial charge in [-0.25, -0.2) is 9.97 Å². The van der Waals surface area contributed by atoms with Gasteiger partial charge in [-0.1, -0.05) is 0 Å². The Morgan fingerprint density at radius 2 is 1.96 bits per heavy atom. The van der Waals surface area contributed by atoms with Crippen LogP contribution in [0.15, 0.2) is 12.4 Å². The van der Waals surface area contributed by atoms with Gasteiger partial charge in [-0.05, 0) is 38.5 Å². The van der Waals surface area contributed by atoms with Crippen molar-refractivity contribution in [1.29, 1.82) is 0 Å².